The summed E-state index contributed by atoms with van der Waals surface area (Å²) < 4.78 is 0. The maximum atomic E-state index is 11.5. The number of carboxylic acid groups (broad SMARTS) is 1. The number of carbonyl (C=O) groups is 1. The fourth-order valence-corrected chi connectivity index (χ4v) is 2.51. The fraction of sp³-hybridized carbons (Fsp3) is 0.421. The standard InChI is InChI=1S/C19H24N2O3/c1-3-4-7-10-19(2,24)13-21-17(18(22)23)11-14-12-20-16-9-6-5-8-15(14)16/h5-6,8-9,12,17,20-21,24H,3-4,11,13H2,1-2H3,(H,22,23)/t17-,19-/m1/s1. The summed E-state index contributed by atoms with van der Waals surface area (Å²) in [6.07, 6.45) is 3.81. The van der Waals surface area contributed by atoms with Gasteiger partial charge in [0.1, 0.15) is 11.6 Å². The summed E-state index contributed by atoms with van der Waals surface area (Å²) in [5.74, 6) is 4.75. The van der Waals surface area contributed by atoms with Crippen molar-refractivity contribution in [1.29, 1.82) is 0 Å². The van der Waals surface area contributed by atoms with Crippen LogP contribution in [0.2, 0.25) is 0 Å². The van der Waals surface area contributed by atoms with Gasteiger partial charge in [0.05, 0.1) is 0 Å². The molecule has 1 aromatic heterocycles. The topological polar surface area (TPSA) is 85.4 Å². The van der Waals surface area contributed by atoms with Crippen LogP contribution in [0.15, 0.2) is 30.5 Å². The van der Waals surface area contributed by atoms with Crippen molar-refractivity contribution in [3.05, 3.63) is 36.0 Å². The molecule has 2 aromatic rings. The number of aliphatic hydroxyl groups is 1. The average molecular weight is 328 g/mol. The number of aromatic amines is 1. The van der Waals surface area contributed by atoms with E-state index in [2.05, 4.69) is 22.1 Å². The molecule has 0 bridgehead atoms. The van der Waals surface area contributed by atoms with Crippen LogP contribution in [0.4, 0.5) is 0 Å². The molecule has 4 N–H and O–H groups in total. The van der Waals surface area contributed by atoms with Crippen LogP contribution < -0.4 is 5.32 Å². The summed E-state index contributed by atoms with van der Waals surface area (Å²) in [4.78, 5) is 14.7. The van der Waals surface area contributed by atoms with Gasteiger partial charge in [-0.05, 0) is 25.0 Å². The molecule has 0 unspecified atom stereocenters. The Morgan fingerprint density at radius 3 is 2.88 bits per heavy atom. The zero-order valence-corrected chi connectivity index (χ0v) is 14.1. The van der Waals surface area contributed by atoms with Gasteiger partial charge in [-0.1, -0.05) is 31.0 Å². The van der Waals surface area contributed by atoms with Crippen molar-refractivity contribution in [2.45, 2.75) is 44.8 Å². The molecule has 2 rings (SSSR count). The summed E-state index contributed by atoms with van der Waals surface area (Å²) in [6, 6.07) is 6.99. The number of rotatable bonds is 7. The number of para-hydroxylation sites is 1. The first-order chi connectivity index (χ1) is 11.4. The van der Waals surface area contributed by atoms with Crippen LogP contribution in [0, 0.1) is 11.8 Å². The van der Waals surface area contributed by atoms with Crippen LogP contribution in [0.3, 0.4) is 0 Å². The van der Waals surface area contributed by atoms with E-state index in [1.165, 1.54) is 0 Å². The Morgan fingerprint density at radius 1 is 1.42 bits per heavy atom. The maximum absolute atomic E-state index is 11.5. The second-order valence-electron chi connectivity index (χ2n) is 6.16. The van der Waals surface area contributed by atoms with Crippen LogP contribution in [-0.2, 0) is 11.2 Å². The Morgan fingerprint density at radius 2 is 2.17 bits per heavy atom. The molecule has 24 heavy (non-hydrogen) atoms. The minimum atomic E-state index is -1.25. The zero-order valence-electron chi connectivity index (χ0n) is 14.1. The maximum Gasteiger partial charge on any atom is 0.321 e. The summed E-state index contributed by atoms with van der Waals surface area (Å²) in [5.41, 5.74) is 0.666. The number of unbranched alkanes of at least 4 members (excludes halogenated alkanes) is 1. The predicted octanol–water partition coefficient (Wildman–Crippen LogP) is 2.31. The highest BCUT2D eigenvalue weighted by molar-refractivity contribution is 5.84. The third kappa shape index (κ3) is 4.85. The molecule has 0 saturated heterocycles. The van der Waals surface area contributed by atoms with Crippen molar-refractivity contribution in [3.8, 4) is 11.8 Å². The summed E-state index contributed by atoms with van der Waals surface area (Å²) in [7, 11) is 0. The lowest BCUT2D eigenvalue weighted by atomic mass is 10.0. The largest absolute Gasteiger partial charge is 0.480 e. The van der Waals surface area contributed by atoms with Crippen molar-refractivity contribution in [1.82, 2.24) is 10.3 Å². The van der Waals surface area contributed by atoms with Gasteiger partial charge in [-0.15, -0.1) is 5.92 Å². The molecule has 5 heteroatoms. The van der Waals surface area contributed by atoms with Gasteiger partial charge in [0, 0.05) is 36.5 Å². The molecule has 0 aliphatic rings. The normalized spacial score (nSPS) is 14.6. The third-order valence-electron chi connectivity index (χ3n) is 3.82. The predicted molar refractivity (Wildman–Crippen MR) is 94.7 cm³/mol. The number of H-pyrrole nitrogens is 1. The fourth-order valence-electron chi connectivity index (χ4n) is 2.51. The smallest absolute Gasteiger partial charge is 0.321 e. The first kappa shape index (κ1) is 18.1. The van der Waals surface area contributed by atoms with Crippen molar-refractivity contribution in [2.24, 2.45) is 0 Å². The van der Waals surface area contributed by atoms with E-state index in [1.54, 1.807) is 6.92 Å². The molecule has 2 atom stereocenters. The first-order valence-electron chi connectivity index (χ1n) is 8.16. The van der Waals surface area contributed by atoms with Crippen LogP contribution >= 0.6 is 0 Å². The highest BCUT2D eigenvalue weighted by atomic mass is 16.4. The molecule has 0 aliphatic carbocycles. The van der Waals surface area contributed by atoms with Crippen LogP contribution in [-0.4, -0.2) is 39.4 Å². The Kier molecular flexibility index (Phi) is 6.02. The SMILES string of the molecule is CCCC#C[C@@](C)(O)CN[C@H](Cc1c[nH]c2ccccc12)C(=O)O. The lowest BCUT2D eigenvalue weighted by Crippen LogP contribution is -2.46. The third-order valence-corrected chi connectivity index (χ3v) is 3.82. The average Bonchev–Trinajstić information content (AvgIpc) is 2.94. The number of aliphatic carboxylic acids is 1. The van der Waals surface area contributed by atoms with Gasteiger partial charge in [0.25, 0.3) is 0 Å². The second-order valence-corrected chi connectivity index (χ2v) is 6.16. The highest BCUT2D eigenvalue weighted by Crippen LogP contribution is 2.19. The van der Waals surface area contributed by atoms with Crippen LogP contribution in [0.25, 0.3) is 10.9 Å². The lowest BCUT2D eigenvalue weighted by Gasteiger charge is -2.21. The molecule has 128 valence electrons. The van der Waals surface area contributed by atoms with E-state index in [-0.39, 0.29) is 6.54 Å². The molecular formula is C19H24N2O3. The molecule has 1 aromatic carbocycles. The number of carboxylic acids is 1. The molecule has 5 nitrogen and oxygen atoms in total. The van der Waals surface area contributed by atoms with E-state index < -0.39 is 17.6 Å². The number of aromatic nitrogens is 1. The molecule has 0 spiro atoms. The Balaban J connectivity index is 2.05. The number of nitrogens with one attached hydrogen (secondary N) is 2. The Bertz CT molecular complexity index is 753. The first-order valence-corrected chi connectivity index (χ1v) is 8.16. The minimum absolute atomic E-state index is 0.100. The van der Waals surface area contributed by atoms with Crippen molar-refractivity contribution in [3.63, 3.8) is 0 Å². The number of hydrogen-bond acceptors (Lipinski definition) is 3. The van der Waals surface area contributed by atoms with Gasteiger partial charge in [-0.3, -0.25) is 4.79 Å². The lowest BCUT2D eigenvalue weighted by molar-refractivity contribution is -0.139. The van der Waals surface area contributed by atoms with Crippen LogP contribution in [0.1, 0.15) is 32.3 Å². The van der Waals surface area contributed by atoms with E-state index in [0.717, 1.165) is 22.9 Å². The van der Waals surface area contributed by atoms with Crippen molar-refractivity contribution in [2.75, 3.05) is 6.54 Å². The molecule has 0 radical (unpaired) electrons. The highest BCUT2D eigenvalue weighted by Gasteiger charge is 2.24. The van der Waals surface area contributed by atoms with Gasteiger partial charge >= 0.3 is 5.97 Å². The van der Waals surface area contributed by atoms with Gasteiger partial charge < -0.3 is 20.5 Å². The molecule has 0 fully saturated rings. The summed E-state index contributed by atoms with van der Waals surface area (Å²) >= 11 is 0. The minimum Gasteiger partial charge on any atom is -0.480 e. The Hall–Kier alpha value is -2.29. The molecular weight excluding hydrogens is 304 g/mol. The second kappa shape index (κ2) is 8.00. The van der Waals surface area contributed by atoms with Gasteiger partial charge in [0.15, 0.2) is 0 Å². The molecule has 0 amide bonds. The molecule has 0 saturated carbocycles. The molecule has 1 heterocycles. The summed E-state index contributed by atoms with van der Waals surface area (Å²) in [5, 5.41) is 23.6. The van der Waals surface area contributed by atoms with E-state index in [4.69, 9.17) is 0 Å². The van der Waals surface area contributed by atoms with E-state index >= 15 is 0 Å². The summed E-state index contributed by atoms with van der Waals surface area (Å²) in [6.45, 7) is 3.71. The number of benzene rings is 1. The van der Waals surface area contributed by atoms with Gasteiger partial charge in [-0.25, -0.2) is 0 Å². The van der Waals surface area contributed by atoms with Crippen LogP contribution in [0.5, 0.6) is 0 Å². The van der Waals surface area contributed by atoms with E-state index in [0.29, 0.717) is 12.8 Å². The molecule has 0 aliphatic heterocycles. The van der Waals surface area contributed by atoms with Crippen molar-refractivity contribution >= 4 is 16.9 Å². The number of fused-ring (bicyclic) bond motifs is 1. The quantitative estimate of drug-likeness (QED) is 0.588. The Labute approximate surface area is 142 Å². The van der Waals surface area contributed by atoms with Gasteiger partial charge in [0.2, 0.25) is 0 Å². The van der Waals surface area contributed by atoms with E-state index in [9.17, 15) is 15.0 Å². The monoisotopic (exact) mass is 328 g/mol. The van der Waals surface area contributed by atoms with E-state index in [1.807, 2.05) is 37.4 Å². The zero-order chi connectivity index (χ0) is 17.6. The van der Waals surface area contributed by atoms with Gasteiger partial charge in [-0.2, -0.15) is 0 Å². The van der Waals surface area contributed by atoms with Crippen molar-refractivity contribution < 1.29 is 15.0 Å². The number of hydrogen-bond donors (Lipinski definition) is 4.